The number of quaternary nitrogens is 1. The van der Waals surface area contributed by atoms with Crippen LogP contribution >= 0.6 is 11.6 Å². The molecule has 140 valence electrons. The zero-order valence-corrected chi connectivity index (χ0v) is 16.5. The standard InChI is InChI=1S/C18H22ClN3O3S/c1-13(14-7-9-15(19)10-8-14)20-12-18(23)21-16-5-4-6-17(11-16)26(24,25)22(2)3/h4-11,13,20H,12H2,1-3H3,(H,21,23)/p+1/t13-/m0/s1. The molecule has 1 atom stereocenters. The summed E-state index contributed by atoms with van der Waals surface area (Å²) >= 11 is 5.88. The van der Waals surface area contributed by atoms with Crippen molar-refractivity contribution in [1.82, 2.24) is 4.31 Å². The zero-order chi connectivity index (χ0) is 19.3. The number of carbonyl (C=O) groups is 1. The Hall–Kier alpha value is -1.93. The van der Waals surface area contributed by atoms with E-state index in [1.165, 1.54) is 26.2 Å². The lowest BCUT2D eigenvalue weighted by molar-refractivity contribution is -0.682. The molecule has 6 nitrogen and oxygen atoms in total. The summed E-state index contributed by atoms with van der Waals surface area (Å²) in [6.45, 7) is 2.22. The minimum absolute atomic E-state index is 0.0958. The molecule has 1 amide bonds. The normalized spacial score (nSPS) is 12.8. The van der Waals surface area contributed by atoms with Crippen LogP contribution in [0.2, 0.25) is 5.02 Å². The highest BCUT2D eigenvalue weighted by atomic mass is 35.5. The highest BCUT2D eigenvalue weighted by molar-refractivity contribution is 7.89. The number of halogens is 1. The maximum atomic E-state index is 12.2. The van der Waals surface area contributed by atoms with E-state index in [0.29, 0.717) is 10.7 Å². The Bertz CT molecular complexity index is 868. The number of rotatable bonds is 7. The molecule has 0 aliphatic heterocycles. The third-order valence-corrected chi connectivity index (χ3v) is 6.01. The fourth-order valence-corrected chi connectivity index (χ4v) is 3.42. The van der Waals surface area contributed by atoms with Gasteiger partial charge in [0.15, 0.2) is 6.54 Å². The van der Waals surface area contributed by atoms with Crippen molar-refractivity contribution in [3.8, 4) is 0 Å². The highest BCUT2D eigenvalue weighted by Gasteiger charge is 2.18. The van der Waals surface area contributed by atoms with E-state index in [-0.39, 0.29) is 23.4 Å². The van der Waals surface area contributed by atoms with E-state index in [0.717, 1.165) is 9.87 Å². The first-order valence-electron chi connectivity index (χ1n) is 8.11. The minimum Gasteiger partial charge on any atom is -0.333 e. The molecule has 3 N–H and O–H groups in total. The molecule has 2 aromatic carbocycles. The lowest BCUT2D eigenvalue weighted by Crippen LogP contribution is -2.86. The highest BCUT2D eigenvalue weighted by Crippen LogP contribution is 2.18. The molecule has 2 rings (SSSR count). The summed E-state index contributed by atoms with van der Waals surface area (Å²) in [5, 5.41) is 5.31. The van der Waals surface area contributed by atoms with Crippen molar-refractivity contribution >= 4 is 33.2 Å². The van der Waals surface area contributed by atoms with Crippen LogP contribution in [0.1, 0.15) is 18.5 Å². The lowest BCUT2D eigenvalue weighted by atomic mass is 10.1. The number of hydrogen-bond donors (Lipinski definition) is 2. The number of benzene rings is 2. The number of sulfonamides is 1. The Balaban J connectivity index is 1.97. The number of nitrogens with zero attached hydrogens (tertiary/aromatic N) is 1. The lowest BCUT2D eigenvalue weighted by Gasteiger charge is -2.13. The van der Waals surface area contributed by atoms with Crippen molar-refractivity contribution in [3.63, 3.8) is 0 Å². The summed E-state index contributed by atoms with van der Waals surface area (Å²) in [4.78, 5) is 12.3. The Kier molecular flexibility index (Phi) is 6.77. The average Bonchev–Trinajstić information content (AvgIpc) is 2.60. The van der Waals surface area contributed by atoms with Crippen LogP contribution in [0.5, 0.6) is 0 Å². The van der Waals surface area contributed by atoms with E-state index >= 15 is 0 Å². The van der Waals surface area contributed by atoms with Crippen LogP contribution in [0.3, 0.4) is 0 Å². The van der Waals surface area contributed by atoms with Gasteiger partial charge in [0, 0.05) is 30.4 Å². The first kappa shape index (κ1) is 20.4. The van der Waals surface area contributed by atoms with Crippen molar-refractivity contribution in [2.45, 2.75) is 17.9 Å². The summed E-state index contributed by atoms with van der Waals surface area (Å²) in [6, 6.07) is 13.8. The van der Waals surface area contributed by atoms with E-state index in [1.807, 2.05) is 36.5 Å². The molecule has 0 spiro atoms. The number of carbonyl (C=O) groups excluding carboxylic acids is 1. The Morgan fingerprint density at radius 2 is 1.85 bits per heavy atom. The quantitative estimate of drug-likeness (QED) is 0.749. The topological polar surface area (TPSA) is 83.1 Å². The number of nitrogens with two attached hydrogens (primary N) is 1. The molecule has 2 aromatic rings. The molecular formula is C18H23ClN3O3S+. The maximum absolute atomic E-state index is 12.2. The molecule has 0 radical (unpaired) electrons. The van der Waals surface area contributed by atoms with Crippen LogP contribution in [0.15, 0.2) is 53.4 Å². The summed E-state index contributed by atoms with van der Waals surface area (Å²) in [5.41, 5.74) is 1.52. The predicted octanol–water partition coefficient (Wildman–Crippen LogP) is 1.85. The summed E-state index contributed by atoms with van der Waals surface area (Å²) in [7, 11) is -0.605. The second-order valence-electron chi connectivity index (χ2n) is 6.14. The summed E-state index contributed by atoms with van der Waals surface area (Å²) in [6.07, 6.45) is 0. The zero-order valence-electron chi connectivity index (χ0n) is 14.9. The minimum atomic E-state index is -3.54. The van der Waals surface area contributed by atoms with Crippen LogP contribution < -0.4 is 10.6 Å². The summed E-state index contributed by atoms with van der Waals surface area (Å²) < 4.78 is 25.5. The fraction of sp³-hybridized carbons (Fsp3) is 0.278. The third kappa shape index (κ3) is 5.28. The van der Waals surface area contributed by atoms with Gasteiger partial charge in [0.25, 0.3) is 5.91 Å². The number of nitrogens with one attached hydrogen (secondary N) is 1. The van der Waals surface area contributed by atoms with Gasteiger partial charge >= 0.3 is 0 Å². The van der Waals surface area contributed by atoms with E-state index < -0.39 is 10.0 Å². The molecule has 0 aliphatic rings. The van der Waals surface area contributed by atoms with Gasteiger partial charge in [-0.15, -0.1) is 0 Å². The van der Waals surface area contributed by atoms with Crippen LogP contribution in [-0.2, 0) is 14.8 Å². The van der Waals surface area contributed by atoms with E-state index in [1.54, 1.807) is 12.1 Å². The van der Waals surface area contributed by atoms with E-state index in [4.69, 9.17) is 11.6 Å². The van der Waals surface area contributed by atoms with Crippen LogP contribution in [0.25, 0.3) is 0 Å². The second-order valence-corrected chi connectivity index (χ2v) is 8.73. The van der Waals surface area contributed by atoms with Gasteiger partial charge < -0.3 is 10.6 Å². The van der Waals surface area contributed by atoms with Crippen molar-refractivity contribution in [3.05, 3.63) is 59.1 Å². The van der Waals surface area contributed by atoms with Crippen LogP contribution in [0, 0.1) is 0 Å². The molecular weight excluding hydrogens is 374 g/mol. The number of anilines is 1. The van der Waals surface area contributed by atoms with Gasteiger partial charge in [0.2, 0.25) is 10.0 Å². The molecule has 0 bridgehead atoms. The van der Waals surface area contributed by atoms with Gasteiger partial charge in [0.1, 0.15) is 6.04 Å². The summed E-state index contributed by atoms with van der Waals surface area (Å²) in [5.74, 6) is -0.204. The molecule has 0 saturated carbocycles. The first-order chi connectivity index (χ1) is 12.2. The van der Waals surface area contributed by atoms with E-state index in [9.17, 15) is 13.2 Å². The molecule has 0 aliphatic carbocycles. The van der Waals surface area contributed by atoms with Crippen molar-refractivity contribution in [1.29, 1.82) is 0 Å². The monoisotopic (exact) mass is 396 g/mol. The Labute approximate surface area is 159 Å². The molecule has 0 saturated heterocycles. The van der Waals surface area contributed by atoms with Crippen molar-refractivity contribution in [2.75, 3.05) is 26.0 Å². The smallest absolute Gasteiger partial charge is 0.279 e. The van der Waals surface area contributed by atoms with Crippen LogP contribution in [0.4, 0.5) is 5.69 Å². The van der Waals surface area contributed by atoms with Gasteiger partial charge in [-0.1, -0.05) is 29.8 Å². The fourth-order valence-electron chi connectivity index (χ4n) is 2.34. The van der Waals surface area contributed by atoms with Gasteiger partial charge in [-0.25, -0.2) is 12.7 Å². The van der Waals surface area contributed by atoms with E-state index in [2.05, 4.69) is 5.32 Å². The van der Waals surface area contributed by atoms with Gasteiger partial charge in [-0.2, -0.15) is 0 Å². The second kappa shape index (κ2) is 8.64. The van der Waals surface area contributed by atoms with Crippen molar-refractivity contribution in [2.24, 2.45) is 0 Å². The average molecular weight is 397 g/mol. The van der Waals surface area contributed by atoms with Gasteiger partial charge in [-0.05, 0) is 37.3 Å². The number of amides is 1. The van der Waals surface area contributed by atoms with Gasteiger partial charge in [0.05, 0.1) is 4.90 Å². The predicted molar refractivity (Wildman–Crippen MR) is 103 cm³/mol. The molecule has 0 aromatic heterocycles. The molecule has 0 heterocycles. The first-order valence-corrected chi connectivity index (χ1v) is 9.93. The molecule has 0 fully saturated rings. The van der Waals surface area contributed by atoms with Crippen LogP contribution in [-0.4, -0.2) is 39.3 Å². The Morgan fingerprint density at radius 1 is 1.19 bits per heavy atom. The molecule has 8 heteroatoms. The Morgan fingerprint density at radius 3 is 2.46 bits per heavy atom. The van der Waals surface area contributed by atoms with Gasteiger partial charge in [-0.3, -0.25) is 4.79 Å². The number of hydrogen-bond acceptors (Lipinski definition) is 3. The van der Waals surface area contributed by atoms with Crippen molar-refractivity contribution < 1.29 is 18.5 Å². The largest absolute Gasteiger partial charge is 0.333 e. The third-order valence-electron chi connectivity index (χ3n) is 3.95. The SMILES string of the molecule is C[C@H]([NH2+]CC(=O)Nc1cccc(S(=O)(=O)N(C)C)c1)c1ccc(Cl)cc1. The molecule has 0 unspecified atom stereocenters. The molecule has 26 heavy (non-hydrogen) atoms. The maximum Gasteiger partial charge on any atom is 0.279 e.